The van der Waals surface area contributed by atoms with Crippen molar-refractivity contribution in [2.24, 2.45) is 0 Å². The lowest BCUT2D eigenvalue weighted by atomic mass is 10.2. The fraction of sp³-hybridized carbons (Fsp3) is 0.500. The number of benzene rings is 1. The summed E-state index contributed by atoms with van der Waals surface area (Å²) in [5, 5.41) is 9.17. The molecule has 1 aromatic carbocycles. The van der Waals surface area contributed by atoms with E-state index < -0.39 is 35.8 Å². The van der Waals surface area contributed by atoms with Crippen LogP contribution in [-0.4, -0.2) is 32.9 Å². The highest BCUT2D eigenvalue weighted by Gasteiger charge is 2.27. The Morgan fingerprint density at radius 1 is 1.33 bits per heavy atom. The molecular weight excluding hydrogens is 311 g/mol. The van der Waals surface area contributed by atoms with E-state index in [1.54, 1.807) is 6.92 Å². The second kappa shape index (κ2) is 7.10. The van der Waals surface area contributed by atoms with Gasteiger partial charge in [-0.2, -0.15) is 13.2 Å². The molecule has 0 aliphatic rings. The maximum atomic E-state index is 12.0. The number of aliphatic hydroxyl groups is 1. The van der Waals surface area contributed by atoms with Crippen LogP contribution in [0.4, 0.5) is 13.2 Å². The quantitative estimate of drug-likeness (QED) is 0.801. The molecule has 0 radical (unpaired) electrons. The van der Waals surface area contributed by atoms with Crippen molar-refractivity contribution in [3.8, 4) is 5.75 Å². The lowest BCUT2D eigenvalue weighted by molar-refractivity contribution is -0.132. The zero-order chi connectivity index (χ0) is 16.1. The minimum absolute atomic E-state index is 0.225. The van der Waals surface area contributed by atoms with Gasteiger partial charge in [-0.15, -0.1) is 0 Å². The van der Waals surface area contributed by atoms with Gasteiger partial charge in [-0.1, -0.05) is 0 Å². The molecule has 0 saturated carbocycles. The monoisotopic (exact) mass is 327 g/mol. The molecular formula is C12H16F3NO4S. The van der Waals surface area contributed by atoms with Crippen molar-refractivity contribution in [3.63, 3.8) is 0 Å². The zero-order valence-electron chi connectivity index (χ0n) is 11.3. The van der Waals surface area contributed by atoms with Gasteiger partial charge in [-0.3, -0.25) is 0 Å². The number of rotatable bonds is 7. The number of hydrogen-bond donors (Lipinski definition) is 2. The lowest BCUT2D eigenvalue weighted by Gasteiger charge is -2.12. The van der Waals surface area contributed by atoms with Crippen LogP contribution in [0.15, 0.2) is 23.1 Å². The Morgan fingerprint density at radius 3 is 2.52 bits per heavy atom. The normalized spacial score (nSPS) is 12.4. The summed E-state index contributed by atoms with van der Waals surface area (Å²) < 4.78 is 66.8. The van der Waals surface area contributed by atoms with Crippen LogP contribution in [0.3, 0.4) is 0 Å². The van der Waals surface area contributed by atoms with E-state index in [1.807, 2.05) is 4.72 Å². The molecule has 0 aliphatic carbocycles. The molecule has 9 heteroatoms. The first-order chi connectivity index (χ1) is 9.69. The molecule has 1 rings (SSSR count). The van der Waals surface area contributed by atoms with Gasteiger partial charge in [0.05, 0.1) is 24.5 Å². The van der Waals surface area contributed by atoms with Crippen LogP contribution in [0.2, 0.25) is 0 Å². The Hall–Kier alpha value is -1.32. The number of nitrogens with one attached hydrogen (secondary N) is 1. The first kappa shape index (κ1) is 17.7. The van der Waals surface area contributed by atoms with Crippen LogP contribution in [-0.2, 0) is 16.6 Å². The first-order valence-electron chi connectivity index (χ1n) is 6.12. The lowest BCUT2D eigenvalue weighted by Crippen LogP contribution is -2.28. The minimum Gasteiger partial charge on any atom is -0.494 e. The van der Waals surface area contributed by atoms with E-state index in [0.717, 1.165) is 0 Å². The van der Waals surface area contributed by atoms with E-state index in [-0.39, 0.29) is 10.5 Å². The van der Waals surface area contributed by atoms with Crippen molar-refractivity contribution < 1.29 is 31.4 Å². The van der Waals surface area contributed by atoms with Crippen molar-refractivity contribution in [1.29, 1.82) is 0 Å². The zero-order valence-corrected chi connectivity index (χ0v) is 12.1. The molecule has 0 unspecified atom stereocenters. The summed E-state index contributed by atoms with van der Waals surface area (Å²) >= 11 is 0. The van der Waals surface area contributed by atoms with Gasteiger partial charge in [0, 0.05) is 12.1 Å². The van der Waals surface area contributed by atoms with Gasteiger partial charge in [-0.25, -0.2) is 13.1 Å². The number of ether oxygens (including phenoxy) is 1. The molecule has 0 aromatic heterocycles. The summed E-state index contributed by atoms with van der Waals surface area (Å²) in [4.78, 5) is -0.225. The minimum atomic E-state index is -4.43. The third kappa shape index (κ3) is 5.52. The summed E-state index contributed by atoms with van der Waals surface area (Å²) in [6.07, 6.45) is -5.69. The van der Waals surface area contributed by atoms with E-state index in [0.29, 0.717) is 12.4 Å². The molecule has 0 amide bonds. The Kier molecular flexibility index (Phi) is 5.99. The van der Waals surface area contributed by atoms with Gasteiger partial charge >= 0.3 is 6.18 Å². The predicted octanol–water partition coefficient (Wildman–Crippen LogP) is 1.81. The molecule has 2 N–H and O–H groups in total. The Bertz CT molecular complexity index is 572. The van der Waals surface area contributed by atoms with E-state index in [1.165, 1.54) is 18.2 Å². The van der Waals surface area contributed by atoms with Gasteiger partial charge in [0.15, 0.2) is 0 Å². The number of halogens is 3. The summed E-state index contributed by atoms with van der Waals surface area (Å²) in [7, 11) is -4.06. The molecule has 120 valence electrons. The predicted molar refractivity (Wildman–Crippen MR) is 69.4 cm³/mol. The van der Waals surface area contributed by atoms with Crippen LogP contribution in [0.1, 0.15) is 18.9 Å². The molecule has 1 aromatic rings. The summed E-state index contributed by atoms with van der Waals surface area (Å²) in [6.45, 7) is 0.877. The number of aliphatic hydroxyl groups excluding tert-OH is 1. The number of alkyl halides is 3. The maximum absolute atomic E-state index is 12.0. The van der Waals surface area contributed by atoms with E-state index in [9.17, 15) is 26.7 Å². The topological polar surface area (TPSA) is 75.6 Å². The average molecular weight is 327 g/mol. The summed E-state index contributed by atoms with van der Waals surface area (Å²) in [5.74, 6) is 0.328. The molecule has 0 atom stereocenters. The van der Waals surface area contributed by atoms with Crippen molar-refractivity contribution >= 4 is 10.0 Å². The standard InChI is InChI=1S/C12H16F3NO4S/c1-2-20-11-4-3-10(7-9(11)8-17)21(18,19)16-6-5-12(13,14)15/h3-4,7,16-17H,2,5-6,8H2,1H3. The SMILES string of the molecule is CCOc1ccc(S(=O)(=O)NCCC(F)(F)F)cc1CO. The van der Waals surface area contributed by atoms with E-state index >= 15 is 0 Å². The smallest absolute Gasteiger partial charge is 0.390 e. The van der Waals surface area contributed by atoms with Crippen molar-refractivity contribution in [1.82, 2.24) is 4.72 Å². The molecule has 0 fully saturated rings. The third-order valence-corrected chi connectivity index (χ3v) is 3.97. The maximum Gasteiger partial charge on any atom is 0.390 e. The van der Waals surface area contributed by atoms with Gasteiger partial charge in [-0.05, 0) is 25.1 Å². The number of sulfonamides is 1. The molecule has 0 saturated heterocycles. The van der Waals surface area contributed by atoms with Gasteiger partial charge in [0.1, 0.15) is 5.75 Å². The fourth-order valence-electron chi connectivity index (χ4n) is 1.55. The fourth-order valence-corrected chi connectivity index (χ4v) is 2.64. The highest BCUT2D eigenvalue weighted by Crippen LogP contribution is 2.23. The molecule has 0 aliphatic heterocycles. The van der Waals surface area contributed by atoms with Crippen LogP contribution in [0, 0.1) is 0 Å². The van der Waals surface area contributed by atoms with Crippen molar-refractivity contribution in [2.45, 2.75) is 31.0 Å². The van der Waals surface area contributed by atoms with Crippen LogP contribution in [0.5, 0.6) is 5.75 Å². The van der Waals surface area contributed by atoms with Crippen LogP contribution in [0.25, 0.3) is 0 Å². The van der Waals surface area contributed by atoms with E-state index in [4.69, 9.17) is 4.74 Å². The van der Waals surface area contributed by atoms with Crippen molar-refractivity contribution in [2.75, 3.05) is 13.2 Å². The van der Waals surface area contributed by atoms with E-state index in [2.05, 4.69) is 0 Å². The second-order valence-corrected chi connectivity index (χ2v) is 5.89. The molecule has 5 nitrogen and oxygen atoms in total. The van der Waals surface area contributed by atoms with Gasteiger partial charge in [0.2, 0.25) is 10.0 Å². The Morgan fingerprint density at radius 2 is 2.00 bits per heavy atom. The Balaban J connectivity index is 2.88. The van der Waals surface area contributed by atoms with Gasteiger partial charge < -0.3 is 9.84 Å². The van der Waals surface area contributed by atoms with Crippen LogP contribution < -0.4 is 9.46 Å². The Labute approximate surface area is 120 Å². The highest BCUT2D eigenvalue weighted by atomic mass is 32.2. The van der Waals surface area contributed by atoms with Crippen LogP contribution >= 0.6 is 0 Å². The van der Waals surface area contributed by atoms with Crippen molar-refractivity contribution in [3.05, 3.63) is 23.8 Å². The molecule has 21 heavy (non-hydrogen) atoms. The molecule has 0 heterocycles. The number of hydrogen-bond acceptors (Lipinski definition) is 4. The molecule has 0 bridgehead atoms. The van der Waals surface area contributed by atoms with Gasteiger partial charge in [0.25, 0.3) is 0 Å². The first-order valence-corrected chi connectivity index (χ1v) is 7.61. The largest absolute Gasteiger partial charge is 0.494 e. The summed E-state index contributed by atoms with van der Waals surface area (Å²) in [6, 6.07) is 3.73. The third-order valence-electron chi connectivity index (χ3n) is 2.51. The average Bonchev–Trinajstić information content (AvgIpc) is 2.37. The summed E-state index contributed by atoms with van der Waals surface area (Å²) in [5.41, 5.74) is 0.246. The highest BCUT2D eigenvalue weighted by molar-refractivity contribution is 7.89. The molecule has 0 spiro atoms. The second-order valence-electron chi connectivity index (χ2n) is 4.12.